The number of hydrogen-bond acceptors (Lipinski definition) is 2. The molecule has 0 radical (unpaired) electrons. The first-order chi connectivity index (χ1) is 9.77. The summed E-state index contributed by atoms with van der Waals surface area (Å²) in [6, 6.07) is 5.69. The number of ether oxygens (including phenoxy) is 1. The first kappa shape index (κ1) is 16.2. The van der Waals surface area contributed by atoms with E-state index < -0.39 is 5.97 Å². The summed E-state index contributed by atoms with van der Waals surface area (Å²) in [5, 5.41) is 9.75. The van der Waals surface area contributed by atoms with Crippen LogP contribution in [0, 0.1) is 11.8 Å². The third-order valence-corrected chi connectivity index (χ3v) is 4.35. The maximum Gasteiger partial charge on any atom is 0.306 e. The molecule has 116 valence electrons. The summed E-state index contributed by atoms with van der Waals surface area (Å²) < 4.78 is 5.98. The number of aliphatic carboxylic acids is 1. The first-order valence-corrected chi connectivity index (χ1v) is 7.81. The minimum Gasteiger partial charge on any atom is -0.493 e. The van der Waals surface area contributed by atoms with Crippen LogP contribution >= 0.6 is 11.6 Å². The van der Waals surface area contributed by atoms with E-state index in [0.29, 0.717) is 24.0 Å². The van der Waals surface area contributed by atoms with Crippen molar-refractivity contribution in [2.45, 2.75) is 45.4 Å². The molecule has 1 saturated carbocycles. The predicted molar refractivity (Wildman–Crippen MR) is 84.1 cm³/mol. The number of halogens is 1. The molecule has 0 saturated heterocycles. The Balaban J connectivity index is 2.03. The molecule has 1 fully saturated rings. The number of benzene rings is 1. The molecule has 0 bridgehead atoms. The summed E-state index contributed by atoms with van der Waals surface area (Å²) >= 11 is 6.08. The molecule has 4 heteroatoms. The minimum atomic E-state index is -0.681. The average molecular weight is 311 g/mol. The predicted octanol–water partition coefficient (Wildman–Crippen LogP) is 4.52. The molecular weight excluding hydrogens is 288 g/mol. The van der Waals surface area contributed by atoms with E-state index in [4.69, 9.17) is 21.4 Å². The van der Waals surface area contributed by atoms with E-state index in [1.54, 1.807) is 0 Å². The zero-order chi connectivity index (χ0) is 15.6. The molecule has 2 rings (SSSR count). The van der Waals surface area contributed by atoms with Crippen LogP contribution in [-0.2, 0) is 10.2 Å². The Labute approximate surface area is 131 Å². The van der Waals surface area contributed by atoms with Gasteiger partial charge in [0.2, 0.25) is 0 Å². The van der Waals surface area contributed by atoms with Crippen LogP contribution < -0.4 is 4.74 Å². The fraction of sp³-hybridized carbons (Fsp3) is 0.588. The SMILES string of the molecule is CC(C)(C)c1cc(Cl)ccc1OCC1CCC(C(=O)O)C1. The summed E-state index contributed by atoms with van der Waals surface area (Å²) in [5.41, 5.74) is 1.04. The van der Waals surface area contributed by atoms with Gasteiger partial charge in [0.25, 0.3) is 0 Å². The molecule has 0 spiro atoms. The van der Waals surface area contributed by atoms with Gasteiger partial charge in [0.15, 0.2) is 0 Å². The van der Waals surface area contributed by atoms with E-state index in [9.17, 15) is 4.79 Å². The summed E-state index contributed by atoms with van der Waals surface area (Å²) in [5.74, 6) is 0.297. The lowest BCUT2D eigenvalue weighted by atomic mass is 9.86. The van der Waals surface area contributed by atoms with Crippen LogP contribution in [0.3, 0.4) is 0 Å². The van der Waals surface area contributed by atoms with Gasteiger partial charge in [0, 0.05) is 10.6 Å². The molecule has 1 aromatic carbocycles. The zero-order valence-corrected chi connectivity index (χ0v) is 13.6. The van der Waals surface area contributed by atoms with Gasteiger partial charge in [-0.1, -0.05) is 32.4 Å². The number of rotatable bonds is 4. The second-order valence-electron chi connectivity index (χ2n) is 6.92. The van der Waals surface area contributed by atoms with Crippen molar-refractivity contribution in [2.24, 2.45) is 11.8 Å². The van der Waals surface area contributed by atoms with E-state index in [1.807, 2.05) is 18.2 Å². The molecule has 1 aliphatic carbocycles. The van der Waals surface area contributed by atoms with Gasteiger partial charge >= 0.3 is 5.97 Å². The van der Waals surface area contributed by atoms with Gasteiger partial charge in [-0.25, -0.2) is 0 Å². The topological polar surface area (TPSA) is 46.5 Å². The Morgan fingerprint density at radius 3 is 2.67 bits per heavy atom. The van der Waals surface area contributed by atoms with Crippen molar-refractivity contribution >= 4 is 17.6 Å². The monoisotopic (exact) mass is 310 g/mol. The van der Waals surface area contributed by atoms with Gasteiger partial charge < -0.3 is 9.84 Å². The Hall–Kier alpha value is -1.22. The third-order valence-electron chi connectivity index (χ3n) is 4.11. The largest absolute Gasteiger partial charge is 0.493 e. The highest BCUT2D eigenvalue weighted by Crippen LogP contribution is 2.36. The molecule has 1 aromatic rings. The number of carbonyl (C=O) groups is 1. The molecule has 3 nitrogen and oxygen atoms in total. The second-order valence-corrected chi connectivity index (χ2v) is 7.35. The van der Waals surface area contributed by atoms with Crippen LogP contribution in [0.1, 0.15) is 45.6 Å². The van der Waals surface area contributed by atoms with Crippen LogP contribution in [0.25, 0.3) is 0 Å². The van der Waals surface area contributed by atoms with Crippen molar-refractivity contribution < 1.29 is 14.6 Å². The van der Waals surface area contributed by atoms with Crippen molar-refractivity contribution in [2.75, 3.05) is 6.61 Å². The normalized spacial score (nSPS) is 22.3. The summed E-state index contributed by atoms with van der Waals surface area (Å²) in [7, 11) is 0. The summed E-state index contributed by atoms with van der Waals surface area (Å²) in [6.07, 6.45) is 2.40. The van der Waals surface area contributed by atoms with Gasteiger partial charge in [-0.2, -0.15) is 0 Å². The fourth-order valence-corrected chi connectivity index (χ4v) is 3.04. The van der Waals surface area contributed by atoms with E-state index in [0.717, 1.165) is 24.2 Å². The second kappa shape index (κ2) is 6.27. The van der Waals surface area contributed by atoms with Gasteiger partial charge in [-0.3, -0.25) is 4.79 Å². The van der Waals surface area contributed by atoms with Crippen LogP contribution in [0.5, 0.6) is 5.75 Å². The van der Waals surface area contributed by atoms with Crippen LogP contribution in [0.2, 0.25) is 5.02 Å². The molecule has 21 heavy (non-hydrogen) atoms. The highest BCUT2D eigenvalue weighted by atomic mass is 35.5. The van der Waals surface area contributed by atoms with E-state index in [-0.39, 0.29) is 11.3 Å². The molecule has 0 aromatic heterocycles. The summed E-state index contributed by atoms with van der Waals surface area (Å²) in [6.45, 7) is 6.96. The van der Waals surface area contributed by atoms with Gasteiger partial charge in [-0.05, 0) is 48.8 Å². The Kier molecular flexibility index (Phi) is 4.82. The lowest BCUT2D eigenvalue weighted by molar-refractivity contribution is -0.141. The van der Waals surface area contributed by atoms with Gasteiger partial charge in [0.05, 0.1) is 12.5 Å². The number of carboxylic acids is 1. The highest BCUT2D eigenvalue weighted by Gasteiger charge is 2.30. The molecule has 2 unspecified atom stereocenters. The molecule has 0 amide bonds. The van der Waals surface area contributed by atoms with E-state index in [1.165, 1.54) is 0 Å². The van der Waals surface area contributed by atoms with E-state index in [2.05, 4.69) is 20.8 Å². The van der Waals surface area contributed by atoms with Gasteiger partial charge in [0.1, 0.15) is 5.75 Å². The average Bonchev–Trinajstić information content (AvgIpc) is 2.85. The maximum atomic E-state index is 11.0. The minimum absolute atomic E-state index is 0.0422. The standard InChI is InChI=1S/C17H23ClO3/c1-17(2,3)14-9-13(18)6-7-15(14)21-10-11-4-5-12(8-11)16(19)20/h6-7,9,11-12H,4-5,8,10H2,1-3H3,(H,19,20). The molecule has 1 N–H and O–H groups in total. The highest BCUT2D eigenvalue weighted by molar-refractivity contribution is 6.30. The molecule has 2 atom stereocenters. The lowest BCUT2D eigenvalue weighted by Gasteiger charge is -2.24. The fourth-order valence-electron chi connectivity index (χ4n) is 2.87. The van der Waals surface area contributed by atoms with E-state index >= 15 is 0 Å². The molecular formula is C17H23ClO3. The smallest absolute Gasteiger partial charge is 0.306 e. The van der Waals surface area contributed by atoms with Crippen molar-refractivity contribution in [3.8, 4) is 5.75 Å². The first-order valence-electron chi connectivity index (χ1n) is 7.43. The Morgan fingerprint density at radius 2 is 2.10 bits per heavy atom. The summed E-state index contributed by atoms with van der Waals surface area (Å²) in [4.78, 5) is 11.0. The molecule has 1 aliphatic rings. The van der Waals surface area contributed by atoms with Gasteiger partial charge in [-0.15, -0.1) is 0 Å². The Bertz CT molecular complexity index is 519. The van der Waals surface area contributed by atoms with Crippen molar-refractivity contribution in [1.82, 2.24) is 0 Å². The zero-order valence-electron chi connectivity index (χ0n) is 12.9. The van der Waals surface area contributed by atoms with Crippen LogP contribution in [0.15, 0.2) is 18.2 Å². The van der Waals surface area contributed by atoms with Crippen LogP contribution in [0.4, 0.5) is 0 Å². The maximum absolute atomic E-state index is 11.0. The number of carboxylic acid groups (broad SMARTS) is 1. The Morgan fingerprint density at radius 1 is 1.38 bits per heavy atom. The molecule has 0 heterocycles. The van der Waals surface area contributed by atoms with Crippen molar-refractivity contribution in [3.63, 3.8) is 0 Å². The molecule has 0 aliphatic heterocycles. The van der Waals surface area contributed by atoms with Crippen LogP contribution in [-0.4, -0.2) is 17.7 Å². The number of hydrogen-bond donors (Lipinski definition) is 1. The third kappa shape index (κ3) is 4.13. The quantitative estimate of drug-likeness (QED) is 0.889. The van der Waals surface area contributed by atoms with Crippen molar-refractivity contribution in [3.05, 3.63) is 28.8 Å². The van der Waals surface area contributed by atoms with Crippen molar-refractivity contribution in [1.29, 1.82) is 0 Å². The lowest BCUT2D eigenvalue weighted by Crippen LogP contribution is -2.16.